The summed E-state index contributed by atoms with van der Waals surface area (Å²) in [6, 6.07) is 7.03. The zero-order valence-corrected chi connectivity index (χ0v) is 13.4. The molecule has 7 heteroatoms. The Morgan fingerprint density at radius 2 is 1.70 bits per heavy atom. The smallest absolute Gasteiger partial charge is 0.238 e. The lowest BCUT2D eigenvalue weighted by Gasteiger charge is -2.26. The Hall–Kier alpha value is -1.96. The van der Waals surface area contributed by atoms with E-state index in [-0.39, 0.29) is 18.4 Å². The number of carbonyl (C=O) groups excluding carboxylic acids is 2. The van der Waals surface area contributed by atoms with Crippen LogP contribution in [0.2, 0.25) is 0 Å². The standard InChI is InChI=1S/C16H24N4O3/c1-13(21)18-14-2-4-15(5-3-14)19-16(22)12-17-6-7-20-8-10-23-11-9-20/h2-5,17H,6-12H2,1H3,(H,18,21)(H,19,22). The fraction of sp³-hybridized carbons (Fsp3) is 0.500. The van der Waals surface area contributed by atoms with Gasteiger partial charge < -0.3 is 20.7 Å². The number of benzene rings is 1. The molecule has 3 N–H and O–H groups in total. The van der Waals surface area contributed by atoms with Gasteiger partial charge in [0, 0.05) is 44.5 Å². The number of morpholine rings is 1. The van der Waals surface area contributed by atoms with E-state index in [0.717, 1.165) is 39.4 Å². The number of nitrogens with one attached hydrogen (secondary N) is 3. The third-order valence-corrected chi connectivity index (χ3v) is 3.48. The van der Waals surface area contributed by atoms with Gasteiger partial charge in [0.15, 0.2) is 0 Å². The summed E-state index contributed by atoms with van der Waals surface area (Å²) in [6.07, 6.45) is 0. The lowest BCUT2D eigenvalue weighted by Crippen LogP contribution is -2.41. The molecule has 126 valence electrons. The summed E-state index contributed by atoms with van der Waals surface area (Å²) in [6.45, 7) is 6.90. The number of ether oxygens (including phenoxy) is 1. The number of amides is 2. The van der Waals surface area contributed by atoms with E-state index in [9.17, 15) is 9.59 Å². The summed E-state index contributed by atoms with van der Waals surface area (Å²) in [5.74, 6) is -0.203. The molecule has 23 heavy (non-hydrogen) atoms. The SMILES string of the molecule is CC(=O)Nc1ccc(NC(=O)CNCCN2CCOCC2)cc1. The van der Waals surface area contributed by atoms with Gasteiger partial charge >= 0.3 is 0 Å². The lowest BCUT2D eigenvalue weighted by molar-refractivity contribution is -0.115. The molecule has 0 aliphatic carbocycles. The number of rotatable bonds is 7. The summed E-state index contributed by atoms with van der Waals surface area (Å²) in [5.41, 5.74) is 1.42. The van der Waals surface area contributed by atoms with Crippen LogP contribution in [0.25, 0.3) is 0 Å². The van der Waals surface area contributed by atoms with Crippen LogP contribution in [-0.4, -0.2) is 62.7 Å². The monoisotopic (exact) mass is 320 g/mol. The molecule has 7 nitrogen and oxygen atoms in total. The van der Waals surface area contributed by atoms with Gasteiger partial charge in [0.25, 0.3) is 0 Å². The zero-order chi connectivity index (χ0) is 16.5. The second kappa shape index (κ2) is 9.24. The maximum Gasteiger partial charge on any atom is 0.238 e. The fourth-order valence-electron chi connectivity index (χ4n) is 2.31. The first-order chi connectivity index (χ1) is 11.1. The van der Waals surface area contributed by atoms with Crippen LogP contribution in [-0.2, 0) is 14.3 Å². The van der Waals surface area contributed by atoms with Crippen LogP contribution in [0.15, 0.2) is 24.3 Å². The van der Waals surface area contributed by atoms with Crippen LogP contribution in [0.1, 0.15) is 6.92 Å². The number of hydrogen-bond acceptors (Lipinski definition) is 5. The summed E-state index contributed by atoms with van der Waals surface area (Å²) < 4.78 is 5.29. The normalized spacial score (nSPS) is 15.2. The molecule has 1 aliphatic heterocycles. The highest BCUT2D eigenvalue weighted by Crippen LogP contribution is 2.13. The lowest BCUT2D eigenvalue weighted by atomic mass is 10.2. The second-order valence-corrected chi connectivity index (χ2v) is 5.44. The summed E-state index contributed by atoms with van der Waals surface area (Å²) in [5, 5.41) is 8.63. The molecule has 1 aromatic rings. The van der Waals surface area contributed by atoms with Crippen molar-refractivity contribution < 1.29 is 14.3 Å². The van der Waals surface area contributed by atoms with Crippen LogP contribution < -0.4 is 16.0 Å². The Bertz CT molecular complexity index is 513. The maximum absolute atomic E-state index is 11.8. The maximum atomic E-state index is 11.8. The van der Waals surface area contributed by atoms with Crippen LogP contribution in [0.4, 0.5) is 11.4 Å². The molecule has 0 unspecified atom stereocenters. The molecule has 0 saturated carbocycles. The van der Waals surface area contributed by atoms with Crippen molar-refractivity contribution in [2.24, 2.45) is 0 Å². The van der Waals surface area contributed by atoms with Crippen molar-refractivity contribution in [3.63, 3.8) is 0 Å². The highest BCUT2D eigenvalue weighted by Gasteiger charge is 2.09. The van der Waals surface area contributed by atoms with Crippen molar-refractivity contribution in [1.29, 1.82) is 0 Å². The van der Waals surface area contributed by atoms with E-state index in [1.165, 1.54) is 6.92 Å². The second-order valence-electron chi connectivity index (χ2n) is 5.44. The molecule has 1 saturated heterocycles. The first-order valence-corrected chi connectivity index (χ1v) is 7.82. The first-order valence-electron chi connectivity index (χ1n) is 7.82. The summed E-state index contributed by atoms with van der Waals surface area (Å²) in [7, 11) is 0. The topological polar surface area (TPSA) is 82.7 Å². The predicted octanol–water partition coefficient (Wildman–Crippen LogP) is 0.505. The highest BCUT2D eigenvalue weighted by atomic mass is 16.5. The summed E-state index contributed by atoms with van der Waals surface area (Å²) >= 11 is 0. The highest BCUT2D eigenvalue weighted by molar-refractivity contribution is 5.93. The van der Waals surface area contributed by atoms with Gasteiger partial charge in [-0.3, -0.25) is 14.5 Å². The minimum absolute atomic E-state index is 0.0840. The van der Waals surface area contributed by atoms with Crippen LogP contribution in [0.5, 0.6) is 0 Å². The Morgan fingerprint density at radius 3 is 2.30 bits per heavy atom. The molecule has 1 fully saturated rings. The Balaban J connectivity index is 1.63. The van der Waals surface area contributed by atoms with Gasteiger partial charge in [-0.25, -0.2) is 0 Å². The van der Waals surface area contributed by atoms with Gasteiger partial charge in [-0.15, -0.1) is 0 Å². The molecule has 1 heterocycles. The molecule has 1 aliphatic rings. The first kappa shape index (κ1) is 17.4. The largest absolute Gasteiger partial charge is 0.379 e. The van der Waals surface area contributed by atoms with Crippen molar-refractivity contribution >= 4 is 23.2 Å². The van der Waals surface area contributed by atoms with Gasteiger partial charge in [0.1, 0.15) is 0 Å². The van der Waals surface area contributed by atoms with Gasteiger partial charge in [-0.2, -0.15) is 0 Å². The Kier molecular flexibility index (Phi) is 6.99. The molecular formula is C16H24N4O3. The van der Waals surface area contributed by atoms with Crippen molar-refractivity contribution in [3.05, 3.63) is 24.3 Å². The van der Waals surface area contributed by atoms with Gasteiger partial charge in [0.2, 0.25) is 11.8 Å². The van der Waals surface area contributed by atoms with Crippen molar-refractivity contribution in [3.8, 4) is 0 Å². The van der Waals surface area contributed by atoms with Gasteiger partial charge in [0.05, 0.1) is 19.8 Å². The molecule has 2 amide bonds. The molecule has 0 atom stereocenters. The van der Waals surface area contributed by atoms with Crippen LogP contribution in [0, 0.1) is 0 Å². The number of carbonyl (C=O) groups is 2. The van der Waals surface area contributed by atoms with Gasteiger partial charge in [-0.1, -0.05) is 0 Å². The third-order valence-electron chi connectivity index (χ3n) is 3.48. The molecule has 0 spiro atoms. The molecule has 2 rings (SSSR count). The van der Waals surface area contributed by atoms with E-state index in [1.54, 1.807) is 24.3 Å². The van der Waals surface area contributed by atoms with E-state index < -0.39 is 0 Å². The van der Waals surface area contributed by atoms with E-state index in [2.05, 4.69) is 20.9 Å². The fourth-order valence-corrected chi connectivity index (χ4v) is 2.31. The molecule has 0 aromatic heterocycles. The average molecular weight is 320 g/mol. The average Bonchev–Trinajstić information content (AvgIpc) is 2.54. The third kappa shape index (κ3) is 6.77. The van der Waals surface area contributed by atoms with E-state index in [1.807, 2.05) is 0 Å². The molecule has 0 bridgehead atoms. The predicted molar refractivity (Wildman–Crippen MR) is 89.5 cm³/mol. The number of hydrogen-bond donors (Lipinski definition) is 3. The number of nitrogens with zero attached hydrogens (tertiary/aromatic N) is 1. The summed E-state index contributed by atoms with van der Waals surface area (Å²) in [4.78, 5) is 25.1. The molecule has 0 radical (unpaired) electrons. The quantitative estimate of drug-likeness (QED) is 0.638. The Morgan fingerprint density at radius 1 is 1.09 bits per heavy atom. The van der Waals surface area contributed by atoms with Crippen LogP contribution in [0.3, 0.4) is 0 Å². The minimum atomic E-state index is -0.119. The van der Waals surface area contributed by atoms with Crippen molar-refractivity contribution in [2.75, 3.05) is 56.6 Å². The van der Waals surface area contributed by atoms with E-state index in [0.29, 0.717) is 11.4 Å². The molecule has 1 aromatic carbocycles. The van der Waals surface area contributed by atoms with Crippen molar-refractivity contribution in [2.45, 2.75) is 6.92 Å². The van der Waals surface area contributed by atoms with Crippen molar-refractivity contribution in [1.82, 2.24) is 10.2 Å². The minimum Gasteiger partial charge on any atom is -0.379 e. The Labute approximate surface area is 136 Å². The van der Waals surface area contributed by atoms with Crippen LogP contribution >= 0.6 is 0 Å². The zero-order valence-electron chi connectivity index (χ0n) is 13.4. The molecular weight excluding hydrogens is 296 g/mol. The van der Waals surface area contributed by atoms with Gasteiger partial charge in [-0.05, 0) is 24.3 Å². The number of anilines is 2. The van der Waals surface area contributed by atoms with E-state index in [4.69, 9.17) is 4.74 Å². The van der Waals surface area contributed by atoms with E-state index >= 15 is 0 Å².